The molecule has 5 rings (SSSR count). The lowest BCUT2D eigenvalue weighted by atomic mass is 9.75. The van der Waals surface area contributed by atoms with Crippen LogP contribution in [0.4, 0.5) is 0 Å². The summed E-state index contributed by atoms with van der Waals surface area (Å²) in [6.07, 6.45) is 6.25. The van der Waals surface area contributed by atoms with Gasteiger partial charge in [-0.3, -0.25) is 19.3 Å². The highest BCUT2D eigenvalue weighted by Crippen LogP contribution is 2.36. The highest BCUT2D eigenvalue weighted by atomic mass is 16.2. The predicted octanol–water partition coefficient (Wildman–Crippen LogP) is 4.14. The molecule has 0 N–H and O–H groups in total. The van der Waals surface area contributed by atoms with Crippen LogP contribution in [0.5, 0.6) is 0 Å². The maximum absolute atomic E-state index is 13.1. The van der Waals surface area contributed by atoms with Crippen LogP contribution >= 0.6 is 0 Å². The van der Waals surface area contributed by atoms with E-state index in [-0.39, 0.29) is 24.3 Å². The molecule has 2 aromatic carbocycles. The molecule has 1 aliphatic carbocycles. The van der Waals surface area contributed by atoms with Crippen LogP contribution in [0.1, 0.15) is 68.7 Å². The zero-order valence-electron chi connectivity index (χ0n) is 17.0. The molecule has 2 fully saturated rings. The molecule has 3 aliphatic rings. The van der Waals surface area contributed by atoms with E-state index in [1.165, 1.54) is 30.6 Å². The fourth-order valence-electron chi connectivity index (χ4n) is 5.34. The highest BCUT2D eigenvalue weighted by molar-refractivity contribution is 6.21. The number of hydrogen-bond acceptors (Lipinski definition) is 3. The monoisotopic (exact) mass is 402 g/mol. The van der Waals surface area contributed by atoms with Crippen molar-refractivity contribution in [2.75, 3.05) is 13.1 Å². The molecule has 2 aliphatic heterocycles. The minimum atomic E-state index is -0.272. The second-order valence-corrected chi connectivity index (χ2v) is 8.79. The summed E-state index contributed by atoms with van der Waals surface area (Å²) in [5.41, 5.74) is 2.33. The van der Waals surface area contributed by atoms with Gasteiger partial charge in [0.15, 0.2) is 0 Å². The van der Waals surface area contributed by atoms with Gasteiger partial charge in [-0.1, -0.05) is 43.5 Å². The summed E-state index contributed by atoms with van der Waals surface area (Å²) in [5.74, 6) is 0.933. The van der Waals surface area contributed by atoms with E-state index >= 15 is 0 Å². The Bertz CT molecular complexity index is 980. The van der Waals surface area contributed by atoms with Crippen molar-refractivity contribution in [3.63, 3.8) is 0 Å². The largest absolute Gasteiger partial charge is 0.338 e. The van der Waals surface area contributed by atoms with E-state index in [4.69, 9.17) is 0 Å². The van der Waals surface area contributed by atoms with E-state index in [1.807, 2.05) is 29.2 Å². The number of nitrogens with zero attached hydrogens (tertiary/aromatic N) is 2. The number of imide groups is 1. The van der Waals surface area contributed by atoms with Gasteiger partial charge in [-0.2, -0.15) is 0 Å². The zero-order valence-corrected chi connectivity index (χ0v) is 17.0. The van der Waals surface area contributed by atoms with Crippen molar-refractivity contribution in [3.8, 4) is 0 Å². The lowest BCUT2D eigenvalue weighted by molar-refractivity contribution is 0.0520. The molecule has 3 amide bonds. The van der Waals surface area contributed by atoms with Crippen molar-refractivity contribution in [1.29, 1.82) is 0 Å². The Morgan fingerprint density at radius 3 is 2.30 bits per heavy atom. The van der Waals surface area contributed by atoms with Crippen molar-refractivity contribution in [2.24, 2.45) is 11.8 Å². The van der Waals surface area contributed by atoms with Gasteiger partial charge in [-0.15, -0.1) is 0 Å². The fraction of sp³-hybridized carbons (Fsp3) is 0.400. The van der Waals surface area contributed by atoms with E-state index in [1.54, 1.807) is 24.3 Å². The summed E-state index contributed by atoms with van der Waals surface area (Å²) in [6.45, 7) is 1.85. The quantitative estimate of drug-likeness (QED) is 0.725. The molecule has 5 nitrogen and oxygen atoms in total. The lowest BCUT2D eigenvalue weighted by Crippen LogP contribution is -2.44. The molecule has 0 unspecified atom stereocenters. The van der Waals surface area contributed by atoms with Crippen LogP contribution < -0.4 is 0 Å². The second-order valence-electron chi connectivity index (χ2n) is 8.79. The molecule has 30 heavy (non-hydrogen) atoms. The molecular formula is C25H26N2O3. The van der Waals surface area contributed by atoms with Gasteiger partial charge in [0.25, 0.3) is 17.7 Å². The standard InChI is InChI=1S/C25H26N2O3/c28-23(26-13-12-18-7-1-2-8-20(18)16-26)19-9-5-6-17(14-19)15-27-24(29)21-10-3-4-11-22(21)25(27)30/h3-6,9-11,14,18,20H,1-2,7-8,12-13,15-16H2/t18-,20+/m1/s1. The third-order valence-corrected chi connectivity index (χ3v) is 6.97. The summed E-state index contributed by atoms with van der Waals surface area (Å²) >= 11 is 0. The van der Waals surface area contributed by atoms with Crippen LogP contribution in [0.25, 0.3) is 0 Å². The Kier molecular flexibility index (Phi) is 4.89. The minimum Gasteiger partial charge on any atom is -0.338 e. The Morgan fingerprint density at radius 1 is 0.867 bits per heavy atom. The molecular weight excluding hydrogens is 376 g/mol. The van der Waals surface area contributed by atoms with Gasteiger partial charge in [-0.05, 0) is 54.5 Å². The molecule has 0 aromatic heterocycles. The summed E-state index contributed by atoms with van der Waals surface area (Å²) in [7, 11) is 0. The van der Waals surface area contributed by atoms with Crippen molar-refractivity contribution < 1.29 is 14.4 Å². The molecule has 154 valence electrons. The minimum absolute atomic E-state index is 0.0586. The first-order chi connectivity index (χ1) is 14.6. The summed E-state index contributed by atoms with van der Waals surface area (Å²) in [4.78, 5) is 41.7. The molecule has 0 bridgehead atoms. The second kappa shape index (κ2) is 7.71. The number of benzene rings is 2. The van der Waals surface area contributed by atoms with Gasteiger partial charge < -0.3 is 4.90 Å². The van der Waals surface area contributed by atoms with Gasteiger partial charge in [-0.25, -0.2) is 0 Å². The van der Waals surface area contributed by atoms with E-state index < -0.39 is 0 Å². The normalized spacial score (nSPS) is 23.3. The van der Waals surface area contributed by atoms with Crippen molar-refractivity contribution in [3.05, 3.63) is 70.8 Å². The maximum atomic E-state index is 13.1. The number of carbonyl (C=O) groups is 3. The fourth-order valence-corrected chi connectivity index (χ4v) is 5.34. The van der Waals surface area contributed by atoms with Crippen molar-refractivity contribution in [2.45, 2.75) is 38.6 Å². The smallest absolute Gasteiger partial charge is 0.261 e. The number of carbonyl (C=O) groups excluding carboxylic acids is 3. The number of likely N-dealkylation sites (tertiary alicyclic amines) is 1. The molecule has 2 atom stereocenters. The molecule has 0 radical (unpaired) electrons. The molecule has 0 spiro atoms. The van der Waals surface area contributed by atoms with Crippen molar-refractivity contribution >= 4 is 17.7 Å². The first-order valence-electron chi connectivity index (χ1n) is 11.0. The summed E-state index contributed by atoms with van der Waals surface area (Å²) in [6, 6.07) is 14.3. The molecule has 2 aromatic rings. The maximum Gasteiger partial charge on any atom is 0.261 e. The van der Waals surface area contributed by atoms with Crippen LogP contribution in [0.15, 0.2) is 48.5 Å². The van der Waals surface area contributed by atoms with Gasteiger partial charge >= 0.3 is 0 Å². The Balaban J connectivity index is 1.31. The van der Waals surface area contributed by atoms with Crippen LogP contribution in [0, 0.1) is 11.8 Å². The Hall–Kier alpha value is -2.95. The van der Waals surface area contributed by atoms with Crippen LogP contribution in [-0.2, 0) is 6.54 Å². The zero-order chi connectivity index (χ0) is 20.7. The topological polar surface area (TPSA) is 57.7 Å². The van der Waals surface area contributed by atoms with E-state index in [9.17, 15) is 14.4 Å². The first-order valence-corrected chi connectivity index (χ1v) is 11.0. The first kappa shape index (κ1) is 19.0. The van der Waals surface area contributed by atoms with E-state index in [0.29, 0.717) is 22.6 Å². The van der Waals surface area contributed by atoms with Gasteiger partial charge in [0, 0.05) is 18.7 Å². The third-order valence-electron chi connectivity index (χ3n) is 6.97. The van der Waals surface area contributed by atoms with Crippen LogP contribution in [-0.4, -0.2) is 40.6 Å². The number of rotatable bonds is 3. The molecule has 1 saturated heterocycles. The summed E-state index contributed by atoms with van der Waals surface area (Å²) < 4.78 is 0. The van der Waals surface area contributed by atoms with Gasteiger partial charge in [0.1, 0.15) is 0 Å². The average molecular weight is 402 g/mol. The summed E-state index contributed by atoms with van der Waals surface area (Å²) in [5, 5.41) is 0. The van der Waals surface area contributed by atoms with E-state index in [2.05, 4.69) is 0 Å². The number of amides is 3. The lowest BCUT2D eigenvalue weighted by Gasteiger charge is -2.41. The predicted molar refractivity (Wildman–Crippen MR) is 113 cm³/mol. The Morgan fingerprint density at radius 2 is 1.57 bits per heavy atom. The Labute approximate surface area is 176 Å². The van der Waals surface area contributed by atoms with Crippen LogP contribution in [0.3, 0.4) is 0 Å². The highest BCUT2D eigenvalue weighted by Gasteiger charge is 2.36. The molecule has 2 heterocycles. The number of hydrogen-bond donors (Lipinski definition) is 0. The SMILES string of the molecule is O=C(c1cccc(CN2C(=O)c3ccccc3C2=O)c1)N1CC[C@H]2CCCC[C@H]2C1. The van der Waals surface area contributed by atoms with Gasteiger partial charge in [0.05, 0.1) is 17.7 Å². The van der Waals surface area contributed by atoms with Crippen molar-refractivity contribution in [1.82, 2.24) is 9.80 Å². The van der Waals surface area contributed by atoms with E-state index in [0.717, 1.165) is 31.0 Å². The molecule has 1 saturated carbocycles. The van der Waals surface area contributed by atoms with Gasteiger partial charge in [0.2, 0.25) is 0 Å². The number of fused-ring (bicyclic) bond motifs is 2. The average Bonchev–Trinajstić information content (AvgIpc) is 3.03. The third kappa shape index (κ3) is 3.32. The molecule has 5 heteroatoms. The number of piperidine rings is 1. The van der Waals surface area contributed by atoms with Crippen LogP contribution in [0.2, 0.25) is 0 Å².